The topological polar surface area (TPSA) is 83.0 Å². The lowest BCUT2D eigenvalue weighted by molar-refractivity contribution is -0.118. The lowest BCUT2D eigenvalue weighted by atomic mass is 10.6. The van der Waals surface area contributed by atoms with Crippen LogP contribution in [0.15, 0.2) is 5.16 Å². The number of carbonyl (C=O) groups excluding carboxylic acids is 1. The van der Waals surface area contributed by atoms with Crippen molar-refractivity contribution in [3.8, 4) is 0 Å². The van der Waals surface area contributed by atoms with Crippen molar-refractivity contribution in [3.63, 3.8) is 0 Å². The van der Waals surface area contributed by atoms with Gasteiger partial charge in [0.25, 0.3) is 0 Å². The quantitative estimate of drug-likeness (QED) is 0.715. The molecule has 0 spiro atoms. The van der Waals surface area contributed by atoms with Gasteiger partial charge in [-0.25, -0.2) is 0 Å². The molecule has 0 saturated carbocycles. The van der Waals surface area contributed by atoms with Crippen LogP contribution in [-0.2, 0) is 4.79 Å². The molecule has 18 heavy (non-hydrogen) atoms. The van der Waals surface area contributed by atoms with Crippen LogP contribution >= 0.6 is 11.8 Å². The van der Waals surface area contributed by atoms with Crippen LogP contribution in [0.3, 0.4) is 0 Å². The molecule has 1 aromatic heterocycles. The summed E-state index contributed by atoms with van der Waals surface area (Å²) in [7, 11) is 5.45. The van der Waals surface area contributed by atoms with E-state index >= 15 is 0 Å². The summed E-state index contributed by atoms with van der Waals surface area (Å²) in [6, 6.07) is 0. The predicted molar refractivity (Wildman–Crippen MR) is 73.1 cm³/mol. The zero-order valence-electron chi connectivity index (χ0n) is 11.0. The first-order valence-electron chi connectivity index (χ1n) is 5.57. The Balaban J connectivity index is 2.75. The number of amides is 1. The highest BCUT2D eigenvalue weighted by molar-refractivity contribution is 7.99. The minimum atomic E-state index is -0.0275. The van der Waals surface area contributed by atoms with Gasteiger partial charge in [-0.1, -0.05) is 11.8 Å². The lowest BCUT2D eigenvalue weighted by Gasteiger charge is -2.12. The largest absolute Gasteiger partial charge is 0.357 e. The summed E-state index contributed by atoms with van der Waals surface area (Å²) in [6.45, 7) is 2.51. The van der Waals surface area contributed by atoms with Gasteiger partial charge >= 0.3 is 0 Å². The molecule has 0 fully saturated rings. The second-order valence-electron chi connectivity index (χ2n) is 3.63. The Bertz CT molecular complexity index is 411. The molecule has 0 aliphatic rings. The molecule has 1 amide bonds. The standard InChI is InChI=1S/C10H18N6OS/c1-5-12-7(17)6-18-10-14-8(11-2)13-9(15-10)16(3)4/h5-6H2,1-4H3,(H,12,17)(H,11,13,14,15). The second-order valence-corrected chi connectivity index (χ2v) is 4.57. The van der Waals surface area contributed by atoms with E-state index in [0.717, 1.165) is 0 Å². The number of hydrogen-bond acceptors (Lipinski definition) is 7. The van der Waals surface area contributed by atoms with Gasteiger partial charge in [0.05, 0.1) is 5.75 Å². The fraction of sp³-hybridized carbons (Fsp3) is 0.600. The minimum absolute atomic E-state index is 0.0275. The number of hydrogen-bond donors (Lipinski definition) is 2. The smallest absolute Gasteiger partial charge is 0.230 e. The molecule has 0 radical (unpaired) electrons. The van der Waals surface area contributed by atoms with Crippen molar-refractivity contribution in [3.05, 3.63) is 0 Å². The third-order valence-corrected chi connectivity index (χ3v) is 2.78. The first-order valence-corrected chi connectivity index (χ1v) is 6.56. The summed E-state index contributed by atoms with van der Waals surface area (Å²) < 4.78 is 0. The third kappa shape index (κ3) is 4.36. The average molecular weight is 270 g/mol. The Morgan fingerprint density at radius 2 is 2.06 bits per heavy atom. The summed E-state index contributed by atoms with van der Waals surface area (Å²) in [4.78, 5) is 25.8. The molecule has 0 aliphatic carbocycles. The van der Waals surface area contributed by atoms with Gasteiger partial charge in [-0.2, -0.15) is 15.0 Å². The number of aromatic nitrogens is 3. The molecule has 1 rings (SSSR count). The molecule has 7 nitrogen and oxygen atoms in total. The molecule has 0 saturated heterocycles. The van der Waals surface area contributed by atoms with E-state index in [-0.39, 0.29) is 5.91 Å². The van der Waals surface area contributed by atoms with Crippen LogP contribution in [-0.4, -0.2) is 54.3 Å². The van der Waals surface area contributed by atoms with Crippen molar-refractivity contribution in [2.24, 2.45) is 0 Å². The first kappa shape index (κ1) is 14.5. The molecule has 100 valence electrons. The van der Waals surface area contributed by atoms with Crippen molar-refractivity contribution in [2.45, 2.75) is 12.1 Å². The van der Waals surface area contributed by atoms with Gasteiger partial charge in [0.1, 0.15) is 0 Å². The number of thioether (sulfide) groups is 1. The Kier molecular flexibility index (Phi) is 5.63. The maximum atomic E-state index is 11.4. The molecule has 0 atom stereocenters. The van der Waals surface area contributed by atoms with Crippen LogP contribution in [0.2, 0.25) is 0 Å². The van der Waals surface area contributed by atoms with E-state index in [1.54, 1.807) is 11.9 Å². The molecule has 0 aliphatic heterocycles. The number of nitrogens with one attached hydrogen (secondary N) is 2. The fourth-order valence-corrected chi connectivity index (χ4v) is 1.76. The van der Waals surface area contributed by atoms with Crippen LogP contribution in [0.5, 0.6) is 0 Å². The van der Waals surface area contributed by atoms with Gasteiger partial charge < -0.3 is 15.5 Å². The summed E-state index contributed by atoms with van der Waals surface area (Å²) in [6.07, 6.45) is 0. The van der Waals surface area contributed by atoms with Crippen molar-refractivity contribution in [1.82, 2.24) is 20.3 Å². The fourth-order valence-electron chi connectivity index (χ4n) is 1.10. The van der Waals surface area contributed by atoms with Crippen molar-refractivity contribution in [1.29, 1.82) is 0 Å². The highest BCUT2D eigenvalue weighted by Crippen LogP contribution is 2.17. The molecule has 0 aromatic carbocycles. The number of anilines is 2. The van der Waals surface area contributed by atoms with Gasteiger partial charge in [0.15, 0.2) is 5.16 Å². The molecule has 1 aromatic rings. The zero-order valence-corrected chi connectivity index (χ0v) is 11.8. The van der Waals surface area contributed by atoms with E-state index in [9.17, 15) is 4.79 Å². The molecule has 0 unspecified atom stereocenters. The Morgan fingerprint density at radius 3 is 2.61 bits per heavy atom. The maximum absolute atomic E-state index is 11.4. The maximum Gasteiger partial charge on any atom is 0.230 e. The minimum Gasteiger partial charge on any atom is -0.357 e. The average Bonchev–Trinajstić information content (AvgIpc) is 2.36. The number of rotatable bonds is 6. The normalized spacial score (nSPS) is 10.0. The lowest BCUT2D eigenvalue weighted by Crippen LogP contribution is -2.24. The monoisotopic (exact) mass is 270 g/mol. The summed E-state index contributed by atoms with van der Waals surface area (Å²) in [5.74, 6) is 1.33. The summed E-state index contributed by atoms with van der Waals surface area (Å²) in [5.41, 5.74) is 0. The van der Waals surface area contributed by atoms with Crippen LogP contribution in [0.25, 0.3) is 0 Å². The Morgan fingerprint density at radius 1 is 1.33 bits per heavy atom. The van der Waals surface area contributed by atoms with Gasteiger partial charge in [0, 0.05) is 27.7 Å². The SMILES string of the molecule is CCNC(=O)CSc1nc(NC)nc(N(C)C)n1. The van der Waals surface area contributed by atoms with E-state index in [2.05, 4.69) is 25.6 Å². The van der Waals surface area contributed by atoms with E-state index < -0.39 is 0 Å². The molecule has 0 bridgehead atoms. The number of carbonyl (C=O) groups is 1. The van der Waals surface area contributed by atoms with Crippen molar-refractivity contribution in [2.75, 3.05) is 43.7 Å². The molecule has 2 N–H and O–H groups in total. The van der Waals surface area contributed by atoms with Gasteiger partial charge in [-0.3, -0.25) is 4.79 Å². The van der Waals surface area contributed by atoms with E-state index in [1.807, 2.05) is 21.0 Å². The second kappa shape index (κ2) is 7.00. The van der Waals surface area contributed by atoms with Gasteiger partial charge in [-0.05, 0) is 6.92 Å². The Hall–Kier alpha value is -1.57. The predicted octanol–water partition coefficient (Wildman–Crippen LogP) is 0.207. The highest BCUT2D eigenvalue weighted by Gasteiger charge is 2.09. The van der Waals surface area contributed by atoms with Crippen LogP contribution < -0.4 is 15.5 Å². The van der Waals surface area contributed by atoms with Crippen LogP contribution in [0.1, 0.15) is 6.92 Å². The van der Waals surface area contributed by atoms with Crippen LogP contribution in [0, 0.1) is 0 Å². The number of nitrogens with zero attached hydrogens (tertiary/aromatic N) is 4. The third-order valence-electron chi connectivity index (χ3n) is 1.93. The van der Waals surface area contributed by atoms with E-state index in [0.29, 0.717) is 29.4 Å². The van der Waals surface area contributed by atoms with Crippen molar-refractivity contribution >= 4 is 29.6 Å². The first-order chi connectivity index (χ1) is 8.56. The molecule has 8 heteroatoms. The van der Waals surface area contributed by atoms with Crippen molar-refractivity contribution < 1.29 is 4.79 Å². The van der Waals surface area contributed by atoms with E-state index in [4.69, 9.17) is 0 Å². The zero-order chi connectivity index (χ0) is 13.5. The Labute approximate surface area is 111 Å². The summed E-state index contributed by atoms with van der Waals surface area (Å²) >= 11 is 1.29. The molecule has 1 heterocycles. The van der Waals surface area contributed by atoms with E-state index in [1.165, 1.54) is 11.8 Å². The summed E-state index contributed by atoms with van der Waals surface area (Å²) in [5, 5.41) is 6.13. The van der Waals surface area contributed by atoms with Gasteiger partial charge in [-0.15, -0.1) is 0 Å². The highest BCUT2D eigenvalue weighted by atomic mass is 32.2. The van der Waals surface area contributed by atoms with Gasteiger partial charge in [0.2, 0.25) is 17.8 Å². The molecular weight excluding hydrogens is 252 g/mol. The molecular formula is C10H18N6OS. The van der Waals surface area contributed by atoms with Crippen LogP contribution in [0.4, 0.5) is 11.9 Å².